The van der Waals surface area contributed by atoms with E-state index in [-0.39, 0.29) is 0 Å². The minimum absolute atomic E-state index is 0.597. The van der Waals surface area contributed by atoms with E-state index >= 15 is 0 Å². The molecular formula is C17H28BrN. The molecule has 1 aromatic rings. The van der Waals surface area contributed by atoms with Crippen LogP contribution >= 0.6 is 15.9 Å². The first-order valence-corrected chi connectivity index (χ1v) is 8.43. The second kappa shape index (κ2) is 9.55. The van der Waals surface area contributed by atoms with E-state index in [0.29, 0.717) is 6.04 Å². The highest BCUT2D eigenvalue weighted by Gasteiger charge is 2.14. The van der Waals surface area contributed by atoms with E-state index in [1.807, 2.05) is 0 Å². The number of halogens is 1. The zero-order valence-electron chi connectivity index (χ0n) is 12.6. The Hall–Kier alpha value is -0.340. The summed E-state index contributed by atoms with van der Waals surface area (Å²) in [4.78, 5) is 0. The molecule has 0 heterocycles. The highest BCUT2D eigenvalue weighted by molar-refractivity contribution is 9.10. The number of nitrogens with one attached hydrogen (secondary N) is 1. The van der Waals surface area contributed by atoms with Crippen molar-refractivity contribution in [2.24, 2.45) is 5.92 Å². The average Bonchev–Trinajstić information content (AvgIpc) is 2.39. The van der Waals surface area contributed by atoms with Gasteiger partial charge in [-0.1, -0.05) is 67.7 Å². The number of rotatable bonds is 9. The van der Waals surface area contributed by atoms with Crippen LogP contribution in [-0.2, 0) is 6.42 Å². The van der Waals surface area contributed by atoms with Crippen LogP contribution in [0.25, 0.3) is 0 Å². The van der Waals surface area contributed by atoms with Gasteiger partial charge in [0.2, 0.25) is 0 Å². The van der Waals surface area contributed by atoms with Gasteiger partial charge in [-0.15, -0.1) is 0 Å². The standard InChI is InChI=1S/C17H28BrN/c1-4-8-14(3)12-16(19-11-5-2)13-15-9-6-7-10-17(15)18/h6-7,9-10,14,16,19H,4-5,8,11-13H2,1-3H3. The normalized spacial score (nSPS) is 14.3. The van der Waals surface area contributed by atoms with Gasteiger partial charge in [0.1, 0.15) is 0 Å². The lowest BCUT2D eigenvalue weighted by Gasteiger charge is -2.22. The molecule has 19 heavy (non-hydrogen) atoms. The minimum atomic E-state index is 0.597. The van der Waals surface area contributed by atoms with Gasteiger partial charge < -0.3 is 5.32 Å². The van der Waals surface area contributed by atoms with E-state index < -0.39 is 0 Å². The maximum atomic E-state index is 3.71. The average molecular weight is 326 g/mol. The Kier molecular flexibility index (Phi) is 8.40. The predicted molar refractivity (Wildman–Crippen MR) is 88.6 cm³/mol. The second-order valence-corrected chi connectivity index (χ2v) is 6.43. The van der Waals surface area contributed by atoms with Crippen molar-refractivity contribution in [1.82, 2.24) is 5.32 Å². The van der Waals surface area contributed by atoms with Crippen molar-refractivity contribution in [3.05, 3.63) is 34.3 Å². The lowest BCUT2D eigenvalue weighted by Crippen LogP contribution is -2.33. The molecule has 0 amide bonds. The quantitative estimate of drug-likeness (QED) is 0.659. The molecule has 1 nitrogen and oxygen atoms in total. The fourth-order valence-electron chi connectivity index (χ4n) is 2.61. The molecule has 2 atom stereocenters. The first kappa shape index (κ1) is 16.7. The SMILES string of the molecule is CCCNC(Cc1ccccc1Br)CC(C)CCC. The van der Waals surface area contributed by atoms with Crippen LogP contribution in [-0.4, -0.2) is 12.6 Å². The van der Waals surface area contributed by atoms with Crippen LogP contribution in [0.3, 0.4) is 0 Å². The van der Waals surface area contributed by atoms with Gasteiger partial charge in [-0.2, -0.15) is 0 Å². The molecule has 0 aromatic heterocycles. The summed E-state index contributed by atoms with van der Waals surface area (Å²) in [7, 11) is 0. The molecule has 0 aliphatic heterocycles. The van der Waals surface area contributed by atoms with Crippen molar-refractivity contribution in [3.8, 4) is 0 Å². The van der Waals surface area contributed by atoms with E-state index in [1.54, 1.807) is 0 Å². The van der Waals surface area contributed by atoms with Crippen LogP contribution < -0.4 is 5.32 Å². The Bertz CT molecular complexity index is 351. The molecule has 1 aromatic carbocycles. The third-order valence-corrected chi connectivity index (χ3v) is 4.35. The summed E-state index contributed by atoms with van der Waals surface area (Å²) >= 11 is 3.66. The summed E-state index contributed by atoms with van der Waals surface area (Å²) in [6.45, 7) is 8.01. The van der Waals surface area contributed by atoms with Crippen molar-refractivity contribution in [2.75, 3.05) is 6.54 Å². The summed E-state index contributed by atoms with van der Waals surface area (Å²) in [5.41, 5.74) is 1.42. The van der Waals surface area contributed by atoms with Gasteiger partial charge >= 0.3 is 0 Å². The Morgan fingerprint density at radius 2 is 1.89 bits per heavy atom. The topological polar surface area (TPSA) is 12.0 Å². The fourth-order valence-corrected chi connectivity index (χ4v) is 3.06. The van der Waals surface area contributed by atoms with Crippen LogP contribution in [0.2, 0.25) is 0 Å². The third kappa shape index (κ3) is 6.58. The highest BCUT2D eigenvalue weighted by atomic mass is 79.9. The zero-order chi connectivity index (χ0) is 14.1. The van der Waals surface area contributed by atoms with Crippen LogP contribution in [0.15, 0.2) is 28.7 Å². The second-order valence-electron chi connectivity index (χ2n) is 5.58. The number of benzene rings is 1. The smallest absolute Gasteiger partial charge is 0.0207 e. The van der Waals surface area contributed by atoms with Gasteiger partial charge in [0.05, 0.1) is 0 Å². The zero-order valence-corrected chi connectivity index (χ0v) is 14.2. The molecule has 0 bridgehead atoms. The van der Waals surface area contributed by atoms with Crippen LogP contribution in [0, 0.1) is 5.92 Å². The van der Waals surface area contributed by atoms with Gasteiger partial charge in [-0.25, -0.2) is 0 Å². The lowest BCUT2D eigenvalue weighted by atomic mass is 9.93. The molecular weight excluding hydrogens is 298 g/mol. The van der Waals surface area contributed by atoms with Crippen molar-refractivity contribution in [3.63, 3.8) is 0 Å². The van der Waals surface area contributed by atoms with Crippen molar-refractivity contribution in [1.29, 1.82) is 0 Å². The number of hydrogen-bond donors (Lipinski definition) is 1. The first-order valence-electron chi connectivity index (χ1n) is 7.64. The molecule has 0 radical (unpaired) electrons. The molecule has 0 fully saturated rings. The Balaban J connectivity index is 2.60. The van der Waals surface area contributed by atoms with Gasteiger partial charge in [-0.05, 0) is 43.4 Å². The van der Waals surface area contributed by atoms with E-state index in [9.17, 15) is 0 Å². The Labute approximate surface area is 127 Å². The van der Waals surface area contributed by atoms with E-state index in [4.69, 9.17) is 0 Å². The Morgan fingerprint density at radius 3 is 2.53 bits per heavy atom. The number of hydrogen-bond acceptors (Lipinski definition) is 1. The summed E-state index contributed by atoms with van der Waals surface area (Å²) in [5.74, 6) is 0.807. The molecule has 1 N–H and O–H groups in total. The summed E-state index contributed by atoms with van der Waals surface area (Å²) in [5, 5.41) is 3.71. The van der Waals surface area contributed by atoms with E-state index in [0.717, 1.165) is 18.9 Å². The van der Waals surface area contributed by atoms with E-state index in [2.05, 4.69) is 66.3 Å². The van der Waals surface area contributed by atoms with Gasteiger partial charge in [0.25, 0.3) is 0 Å². The lowest BCUT2D eigenvalue weighted by molar-refractivity contribution is 0.380. The fraction of sp³-hybridized carbons (Fsp3) is 0.647. The molecule has 0 aliphatic carbocycles. The van der Waals surface area contributed by atoms with Crippen molar-refractivity contribution < 1.29 is 0 Å². The minimum Gasteiger partial charge on any atom is -0.314 e. The Morgan fingerprint density at radius 1 is 1.16 bits per heavy atom. The van der Waals surface area contributed by atoms with E-state index in [1.165, 1.54) is 35.7 Å². The van der Waals surface area contributed by atoms with Crippen LogP contribution in [0.5, 0.6) is 0 Å². The van der Waals surface area contributed by atoms with Crippen molar-refractivity contribution >= 4 is 15.9 Å². The molecule has 0 aliphatic rings. The molecule has 0 spiro atoms. The molecule has 2 heteroatoms. The van der Waals surface area contributed by atoms with Crippen LogP contribution in [0.1, 0.15) is 52.0 Å². The van der Waals surface area contributed by atoms with Gasteiger partial charge in [0.15, 0.2) is 0 Å². The monoisotopic (exact) mass is 325 g/mol. The van der Waals surface area contributed by atoms with Gasteiger partial charge in [0, 0.05) is 10.5 Å². The molecule has 0 saturated carbocycles. The first-order chi connectivity index (χ1) is 9.17. The molecule has 108 valence electrons. The van der Waals surface area contributed by atoms with Crippen molar-refractivity contribution in [2.45, 2.75) is 58.9 Å². The largest absolute Gasteiger partial charge is 0.314 e. The summed E-state index contributed by atoms with van der Waals surface area (Å²) in [6.07, 6.45) is 6.22. The molecule has 2 unspecified atom stereocenters. The summed E-state index contributed by atoms with van der Waals surface area (Å²) in [6, 6.07) is 9.19. The van der Waals surface area contributed by atoms with Gasteiger partial charge in [-0.3, -0.25) is 0 Å². The summed E-state index contributed by atoms with van der Waals surface area (Å²) < 4.78 is 1.24. The highest BCUT2D eigenvalue weighted by Crippen LogP contribution is 2.21. The third-order valence-electron chi connectivity index (χ3n) is 3.58. The molecule has 1 rings (SSSR count). The van der Waals surface area contributed by atoms with Crippen LogP contribution in [0.4, 0.5) is 0 Å². The maximum absolute atomic E-state index is 3.71. The predicted octanol–water partition coefficient (Wildman–Crippen LogP) is 5.19. The maximum Gasteiger partial charge on any atom is 0.0207 e. The molecule has 0 saturated heterocycles.